The molecule has 0 aliphatic carbocycles. The van der Waals surface area contributed by atoms with Crippen LogP contribution in [0, 0.1) is 5.41 Å². The quantitative estimate of drug-likeness (QED) is 0.509. The first-order valence-electron chi connectivity index (χ1n) is 11.7. The summed E-state index contributed by atoms with van der Waals surface area (Å²) < 4.78 is 27.5. The van der Waals surface area contributed by atoms with E-state index in [-0.39, 0.29) is 18.9 Å². The highest BCUT2D eigenvalue weighted by Crippen LogP contribution is 2.50. The lowest BCUT2D eigenvalue weighted by molar-refractivity contribution is 0.0127. The van der Waals surface area contributed by atoms with E-state index in [0.29, 0.717) is 23.3 Å². The third-order valence-corrected chi connectivity index (χ3v) is 8.88. The van der Waals surface area contributed by atoms with Gasteiger partial charge in [0.15, 0.2) is 9.84 Å². The van der Waals surface area contributed by atoms with Crippen LogP contribution in [0.25, 0.3) is 0 Å². The van der Waals surface area contributed by atoms with E-state index in [0.717, 1.165) is 36.9 Å². The van der Waals surface area contributed by atoms with Gasteiger partial charge in [-0.05, 0) is 54.3 Å². The van der Waals surface area contributed by atoms with Crippen molar-refractivity contribution in [2.75, 3.05) is 24.7 Å². The molecule has 0 saturated heterocycles. The fourth-order valence-electron chi connectivity index (χ4n) is 5.11. The highest BCUT2D eigenvalue weighted by Gasteiger charge is 2.49. The van der Waals surface area contributed by atoms with Crippen molar-refractivity contribution in [1.29, 1.82) is 0 Å². The molecule has 5 nitrogen and oxygen atoms in total. The summed E-state index contributed by atoms with van der Waals surface area (Å²) in [5.41, 5.74) is 1.50. The van der Waals surface area contributed by atoms with Crippen molar-refractivity contribution in [2.24, 2.45) is 5.41 Å². The normalized spacial score (nSPS) is 20.9. The van der Waals surface area contributed by atoms with Crippen molar-refractivity contribution in [3.8, 4) is 5.75 Å². The molecule has 6 heteroatoms. The molecule has 1 heterocycles. The van der Waals surface area contributed by atoms with Crippen molar-refractivity contribution in [3.63, 3.8) is 0 Å². The van der Waals surface area contributed by atoms with Crippen LogP contribution < -0.4 is 4.90 Å². The summed E-state index contributed by atoms with van der Waals surface area (Å²) in [6.45, 7) is 4.19. The fraction of sp³-hybridized carbons (Fsp3) is 0.556. The monoisotopic (exact) mass is 475 g/mol. The second-order valence-corrected chi connectivity index (χ2v) is 11.4. The molecule has 1 aliphatic rings. The van der Waals surface area contributed by atoms with Crippen LogP contribution in [-0.4, -0.2) is 44.6 Å². The van der Waals surface area contributed by atoms with Crippen molar-refractivity contribution < 1.29 is 18.6 Å². The molecule has 0 aromatic heterocycles. The summed E-state index contributed by atoms with van der Waals surface area (Å²) in [6.07, 6.45) is 4.05. The number of unbranched alkanes of at least 4 members (excludes halogenated alkanes) is 2. The molecule has 0 radical (unpaired) electrons. The number of aromatic hydroxyl groups is 1. The molecule has 0 bridgehead atoms. The predicted octanol–water partition coefficient (Wildman–Crippen LogP) is 5.74. The SMILES string of the molecule is C.CCCCC1(CCCC)CS(=O)(=O)c2ccc(N(C)C)cc2C(c2cccc(O)c2)C1O. The molecule has 2 aromatic carbocycles. The standard InChI is InChI=1S/C26H37NO4S.CH4/c1-5-7-14-26(15-8-6-2)18-32(30,31)23-13-12-20(27(3)4)17-22(23)24(25(26)29)19-10-9-11-21(28)16-19;/h9-13,16-17,24-25,28-29H,5-8,14-15,18H2,1-4H3;1H4. The number of phenols is 1. The van der Waals surface area contributed by atoms with Crippen molar-refractivity contribution in [1.82, 2.24) is 0 Å². The number of hydrogen-bond acceptors (Lipinski definition) is 5. The summed E-state index contributed by atoms with van der Waals surface area (Å²) in [4.78, 5) is 2.23. The van der Waals surface area contributed by atoms with E-state index in [9.17, 15) is 18.6 Å². The van der Waals surface area contributed by atoms with Gasteiger partial charge in [-0.25, -0.2) is 8.42 Å². The first-order chi connectivity index (χ1) is 15.1. The Balaban J connectivity index is 0.00000385. The molecule has 33 heavy (non-hydrogen) atoms. The van der Waals surface area contributed by atoms with Crippen LogP contribution in [0.1, 0.15) is 76.8 Å². The molecule has 3 rings (SSSR count). The van der Waals surface area contributed by atoms with Crippen LogP contribution in [0.5, 0.6) is 5.75 Å². The molecule has 2 N–H and O–H groups in total. The van der Waals surface area contributed by atoms with Gasteiger partial charge in [0, 0.05) is 31.1 Å². The van der Waals surface area contributed by atoms with Gasteiger partial charge in [-0.3, -0.25) is 0 Å². The number of aliphatic hydroxyl groups is 1. The third-order valence-electron chi connectivity index (χ3n) is 6.89. The molecular weight excluding hydrogens is 434 g/mol. The number of anilines is 1. The van der Waals surface area contributed by atoms with E-state index in [4.69, 9.17) is 0 Å². The highest BCUT2D eigenvalue weighted by molar-refractivity contribution is 7.91. The summed E-state index contributed by atoms with van der Waals surface area (Å²) in [6, 6.07) is 12.3. The van der Waals surface area contributed by atoms with Crippen molar-refractivity contribution >= 4 is 15.5 Å². The van der Waals surface area contributed by atoms with E-state index in [1.54, 1.807) is 24.3 Å². The molecule has 0 spiro atoms. The summed E-state index contributed by atoms with van der Waals surface area (Å²) in [5, 5.41) is 22.2. The lowest BCUT2D eigenvalue weighted by Gasteiger charge is -2.40. The van der Waals surface area contributed by atoms with E-state index in [1.165, 1.54) is 0 Å². The second kappa shape index (κ2) is 10.9. The number of phenolic OH excluding ortho intramolecular Hbond substituents is 1. The van der Waals surface area contributed by atoms with Gasteiger partial charge in [-0.2, -0.15) is 0 Å². The second-order valence-electron chi connectivity index (χ2n) is 9.46. The average molecular weight is 476 g/mol. The van der Waals surface area contributed by atoms with Gasteiger partial charge in [-0.15, -0.1) is 0 Å². The van der Waals surface area contributed by atoms with Gasteiger partial charge in [0.25, 0.3) is 0 Å². The number of hydrogen-bond donors (Lipinski definition) is 2. The van der Waals surface area contributed by atoms with E-state index in [1.807, 2.05) is 37.2 Å². The van der Waals surface area contributed by atoms with Gasteiger partial charge >= 0.3 is 0 Å². The minimum absolute atomic E-state index is 0. The lowest BCUT2D eigenvalue weighted by atomic mass is 9.68. The summed E-state index contributed by atoms with van der Waals surface area (Å²) in [5.74, 6) is -0.479. The maximum Gasteiger partial charge on any atom is 0.179 e. The Hall–Kier alpha value is -2.05. The molecule has 184 valence electrons. The Labute approximate surface area is 200 Å². The molecule has 0 fully saturated rings. The van der Waals surface area contributed by atoms with Crippen LogP contribution >= 0.6 is 0 Å². The number of rotatable bonds is 8. The largest absolute Gasteiger partial charge is 0.508 e. The molecule has 1 aliphatic heterocycles. The van der Waals surface area contributed by atoms with Crippen molar-refractivity contribution in [3.05, 3.63) is 53.6 Å². The zero-order valence-electron chi connectivity index (χ0n) is 19.7. The highest BCUT2D eigenvalue weighted by atomic mass is 32.2. The van der Waals surface area contributed by atoms with Crippen LogP contribution in [0.2, 0.25) is 0 Å². The zero-order chi connectivity index (χ0) is 23.5. The van der Waals surface area contributed by atoms with E-state index < -0.39 is 27.3 Å². The molecule has 2 atom stereocenters. The maximum absolute atomic E-state index is 13.7. The van der Waals surface area contributed by atoms with Gasteiger partial charge in [0.2, 0.25) is 0 Å². The summed E-state index contributed by atoms with van der Waals surface area (Å²) >= 11 is 0. The molecule has 2 unspecified atom stereocenters. The molecule has 2 aromatic rings. The van der Waals surface area contributed by atoms with Crippen LogP contribution in [0.3, 0.4) is 0 Å². The van der Waals surface area contributed by atoms with Crippen LogP contribution in [-0.2, 0) is 9.84 Å². The smallest absolute Gasteiger partial charge is 0.179 e. The fourth-order valence-corrected chi connectivity index (χ4v) is 7.30. The van der Waals surface area contributed by atoms with Crippen LogP contribution in [0.15, 0.2) is 47.4 Å². The molecule has 0 saturated carbocycles. The van der Waals surface area contributed by atoms with Gasteiger partial charge in [0.1, 0.15) is 5.75 Å². The van der Waals surface area contributed by atoms with Crippen molar-refractivity contribution in [2.45, 2.75) is 76.7 Å². The van der Waals surface area contributed by atoms with E-state index in [2.05, 4.69) is 13.8 Å². The third kappa shape index (κ3) is 5.55. The molecule has 0 amide bonds. The number of nitrogens with zero attached hydrogens (tertiary/aromatic N) is 1. The topological polar surface area (TPSA) is 77.8 Å². The first-order valence-corrected chi connectivity index (χ1v) is 13.3. The number of benzene rings is 2. The number of sulfone groups is 1. The Kier molecular flexibility index (Phi) is 9.00. The van der Waals surface area contributed by atoms with Gasteiger partial charge in [0.05, 0.1) is 16.8 Å². The minimum Gasteiger partial charge on any atom is -0.508 e. The molecular formula is C27H41NO4S. The average Bonchev–Trinajstić information content (AvgIpc) is 2.82. The zero-order valence-corrected chi connectivity index (χ0v) is 20.5. The van der Waals surface area contributed by atoms with Crippen LogP contribution in [0.4, 0.5) is 5.69 Å². The number of fused-ring (bicyclic) bond motifs is 1. The summed E-state index contributed by atoms with van der Waals surface area (Å²) in [7, 11) is 0.218. The Morgan fingerprint density at radius 1 is 1.03 bits per heavy atom. The maximum atomic E-state index is 13.7. The Bertz CT molecular complexity index is 1020. The lowest BCUT2D eigenvalue weighted by Crippen LogP contribution is -2.43. The predicted molar refractivity (Wildman–Crippen MR) is 137 cm³/mol. The minimum atomic E-state index is -3.61. The van der Waals surface area contributed by atoms with Gasteiger partial charge < -0.3 is 15.1 Å². The Morgan fingerprint density at radius 2 is 1.67 bits per heavy atom. The van der Waals surface area contributed by atoms with E-state index >= 15 is 0 Å². The van der Waals surface area contributed by atoms with Gasteiger partial charge in [-0.1, -0.05) is 59.1 Å². The Morgan fingerprint density at radius 3 is 2.21 bits per heavy atom. The first kappa shape index (κ1) is 27.2. The number of aliphatic hydroxyl groups excluding tert-OH is 1.